The van der Waals surface area contributed by atoms with Crippen molar-refractivity contribution in [1.29, 1.82) is 0 Å². The second kappa shape index (κ2) is 16.0. The van der Waals surface area contributed by atoms with Crippen molar-refractivity contribution in [3.8, 4) is 0 Å². The zero-order valence-electron chi connectivity index (χ0n) is 13.7. The maximum Gasteiger partial charge on any atom is 0.0587 e. The van der Waals surface area contributed by atoms with Crippen LogP contribution in [0.3, 0.4) is 0 Å². The van der Waals surface area contributed by atoms with Gasteiger partial charge >= 0.3 is 0 Å². The Labute approximate surface area is 121 Å². The van der Waals surface area contributed by atoms with Crippen LogP contribution in [0.25, 0.3) is 0 Å². The van der Waals surface area contributed by atoms with E-state index in [4.69, 9.17) is 4.74 Å². The molecule has 1 unspecified atom stereocenters. The second-order valence-electron chi connectivity index (χ2n) is 5.92. The molecule has 0 aromatic rings. The minimum absolute atomic E-state index is 0.807. The fraction of sp³-hybridized carbons (Fsp3) is 1.00. The Morgan fingerprint density at radius 2 is 1.47 bits per heavy atom. The Balaban J connectivity index is 3.07. The molecule has 1 N–H and O–H groups in total. The number of hydrogen-bond acceptors (Lipinski definition) is 2. The average Bonchev–Trinajstić information content (AvgIpc) is 2.42. The maximum atomic E-state index is 5.02. The lowest BCUT2D eigenvalue weighted by atomic mass is 10.0. The molecular formula is C17H37NO. The molecule has 0 amide bonds. The molecular weight excluding hydrogens is 234 g/mol. The topological polar surface area (TPSA) is 21.3 Å². The summed E-state index contributed by atoms with van der Waals surface area (Å²) in [7, 11) is 1.76. The van der Waals surface area contributed by atoms with E-state index in [1.165, 1.54) is 64.2 Å². The van der Waals surface area contributed by atoms with E-state index in [0.29, 0.717) is 0 Å². The highest BCUT2D eigenvalue weighted by Gasteiger charge is 2.01. The lowest BCUT2D eigenvalue weighted by molar-refractivity contribution is 0.198. The molecule has 2 heteroatoms. The fourth-order valence-corrected chi connectivity index (χ4v) is 2.43. The molecule has 0 radical (unpaired) electrons. The van der Waals surface area contributed by atoms with Gasteiger partial charge in [0.1, 0.15) is 0 Å². The predicted molar refractivity (Wildman–Crippen MR) is 85.8 cm³/mol. The van der Waals surface area contributed by atoms with Gasteiger partial charge in [-0.2, -0.15) is 0 Å². The smallest absolute Gasteiger partial charge is 0.0587 e. The van der Waals surface area contributed by atoms with E-state index in [1.54, 1.807) is 7.11 Å². The molecule has 1 atom stereocenters. The molecule has 0 spiro atoms. The molecule has 0 heterocycles. The van der Waals surface area contributed by atoms with Crippen molar-refractivity contribution in [2.45, 2.75) is 78.1 Å². The first kappa shape index (κ1) is 18.9. The first-order chi connectivity index (χ1) is 9.31. The molecule has 0 aromatic carbocycles. The van der Waals surface area contributed by atoms with Crippen LogP contribution in [0.2, 0.25) is 0 Å². The molecule has 0 saturated heterocycles. The SMILES string of the molecule is CCCCCCCCCCCC(C)CNCCOC. The van der Waals surface area contributed by atoms with Crippen LogP contribution < -0.4 is 5.32 Å². The van der Waals surface area contributed by atoms with Gasteiger partial charge < -0.3 is 10.1 Å². The summed E-state index contributed by atoms with van der Waals surface area (Å²) >= 11 is 0. The molecule has 0 aliphatic carbocycles. The van der Waals surface area contributed by atoms with Crippen LogP contribution in [-0.2, 0) is 4.74 Å². The van der Waals surface area contributed by atoms with Gasteiger partial charge in [-0.15, -0.1) is 0 Å². The van der Waals surface area contributed by atoms with Gasteiger partial charge in [-0.05, 0) is 18.9 Å². The van der Waals surface area contributed by atoms with Gasteiger partial charge in [0, 0.05) is 13.7 Å². The van der Waals surface area contributed by atoms with Crippen molar-refractivity contribution >= 4 is 0 Å². The molecule has 2 nitrogen and oxygen atoms in total. The molecule has 0 aromatic heterocycles. The maximum absolute atomic E-state index is 5.02. The van der Waals surface area contributed by atoms with Crippen molar-refractivity contribution in [2.24, 2.45) is 5.92 Å². The summed E-state index contributed by atoms with van der Waals surface area (Å²) in [6, 6.07) is 0. The van der Waals surface area contributed by atoms with Crippen LogP contribution in [0.1, 0.15) is 78.1 Å². The lowest BCUT2D eigenvalue weighted by Crippen LogP contribution is -2.24. The number of nitrogens with one attached hydrogen (secondary N) is 1. The van der Waals surface area contributed by atoms with Crippen LogP contribution >= 0.6 is 0 Å². The summed E-state index contributed by atoms with van der Waals surface area (Å²) in [4.78, 5) is 0. The standard InChI is InChI=1S/C17H37NO/c1-4-5-6-7-8-9-10-11-12-13-17(2)16-18-14-15-19-3/h17-18H,4-16H2,1-3H3. The zero-order valence-corrected chi connectivity index (χ0v) is 13.7. The van der Waals surface area contributed by atoms with Crippen LogP contribution in [0.4, 0.5) is 0 Å². The zero-order chi connectivity index (χ0) is 14.2. The number of unbranched alkanes of at least 4 members (excludes halogenated alkanes) is 8. The Hall–Kier alpha value is -0.0800. The molecule has 0 fully saturated rings. The number of hydrogen-bond donors (Lipinski definition) is 1. The normalized spacial score (nSPS) is 12.8. The summed E-state index contributed by atoms with van der Waals surface area (Å²) in [5, 5.41) is 3.44. The number of rotatable bonds is 15. The van der Waals surface area contributed by atoms with E-state index in [-0.39, 0.29) is 0 Å². The van der Waals surface area contributed by atoms with Crippen molar-refractivity contribution in [3.05, 3.63) is 0 Å². The summed E-state index contributed by atoms with van der Waals surface area (Å²) in [5.74, 6) is 0.807. The van der Waals surface area contributed by atoms with Crippen molar-refractivity contribution in [1.82, 2.24) is 5.32 Å². The van der Waals surface area contributed by atoms with Crippen LogP contribution in [0, 0.1) is 5.92 Å². The summed E-state index contributed by atoms with van der Waals surface area (Å²) in [6.07, 6.45) is 14.2. The van der Waals surface area contributed by atoms with Gasteiger partial charge in [-0.1, -0.05) is 71.6 Å². The third kappa shape index (κ3) is 15.9. The van der Waals surface area contributed by atoms with Gasteiger partial charge in [0.2, 0.25) is 0 Å². The van der Waals surface area contributed by atoms with E-state index in [0.717, 1.165) is 25.6 Å². The minimum atomic E-state index is 0.807. The van der Waals surface area contributed by atoms with E-state index in [1.807, 2.05) is 0 Å². The van der Waals surface area contributed by atoms with Gasteiger partial charge in [-0.25, -0.2) is 0 Å². The Bertz CT molecular complexity index is 161. The van der Waals surface area contributed by atoms with E-state index >= 15 is 0 Å². The van der Waals surface area contributed by atoms with E-state index < -0.39 is 0 Å². The lowest BCUT2D eigenvalue weighted by Gasteiger charge is -2.12. The molecule has 0 saturated carbocycles. The highest BCUT2D eigenvalue weighted by molar-refractivity contribution is 4.57. The van der Waals surface area contributed by atoms with Crippen LogP contribution in [-0.4, -0.2) is 26.8 Å². The molecule has 116 valence electrons. The largest absolute Gasteiger partial charge is 0.383 e. The van der Waals surface area contributed by atoms with Gasteiger partial charge in [-0.3, -0.25) is 0 Å². The second-order valence-corrected chi connectivity index (χ2v) is 5.92. The quantitative estimate of drug-likeness (QED) is 0.433. The summed E-state index contributed by atoms with van der Waals surface area (Å²) in [6.45, 7) is 7.58. The Morgan fingerprint density at radius 3 is 2.05 bits per heavy atom. The van der Waals surface area contributed by atoms with Gasteiger partial charge in [0.05, 0.1) is 6.61 Å². The fourth-order valence-electron chi connectivity index (χ4n) is 2.43. The van der Waals surface area contributed by atoms with Crippen LogP contribution in [0.5, 0.6) is 0 Å². The molecule has 19 heavy (non-hydrogen) atoms. The number of methoxy groups -OCH3 is 1. The van der Waals surface area contributed by atoms with E-state index in [2.05, 4.69) is 19.2 Å². The third-order valence-corrected chi connectivity index (χ3v) is 3.78. The van der Waals surface area contributed by atoms with Crippen LogP contribution in [0.15, 0.2) is 0 Å². The molecule has 0 bridgehead atoms. The molecule has 0 rings (SSSR count). The highest BCUT2D eigenvalue weighted by atomic mass is 16.5. The van der Waals surface area contributed by atoms with Crippen molar-refractivity contribution < 1.29 is 4.74 Å². The molecule has 0 aliphatic rings. The number of ether oxygens (including phenoxy) is 1. The first-order valence-electron chi connectivity index (χ1n) is 8.50. The minimum Gasteiger partial charge on any atom is -0.383 e. The van der Waals surface area contributed by atoms with Crippen molar-refractivity contribution in [3.63, 3.8) is 0 Å². The monoisotopic (exact) mass is 271 g/mol. The van der Waals surface area contributed by atoms with Gasteiger partial charge in [0.25, 0.3) is 0 Å². The third-order valence-electron chi connectivity index (χ3n) is 3.78. The Kier molecular flexibility index (Phi) is 15.9. The van der Waals surface area contributed by atoms with E-state index in [9.17, 15) is 0 Å². The molecule has 0 aliphatic heterocycles. The average molecular weight is 271 g/mol. The summed E-state index contributed by atoms with van der Waals surface area (Å²) in [5.41, 5.74) is 0. The predicted octanol–water partition coefficient (Wildman–Crippen LogP) is 4.78. The Morgan fingerprint density at radius 1 is 0.895 bits per heavy atom. The van der Waals surface area contributed by atoms with Crippen molar-refractivity contribution in [2.75, 3.05) is 26.8 Å². The first-order valence-corrected chi connectivity index (χ1v) is 8.50. The summed E-state index contributed by atoms with van der Waals surface area (Å²) < 4.78 is 5.02. The highest BCUT2D eigenvalue weighted by Crippen LogP contribution is 2.13. The van der Waals surface area contributed by atoms with Gasteiger partial charge in [0.15, 0.2) is 0 Å².